The third-order valence-corrected chi connectivity index (χ3v) is 2.08. The molecule has 0 bridgehead atoms. The summed E-state index contributed by atoms with van der Waals surface area (Å²) >= 11 is 0. The van der Waals surface area contributed by atoms with Crippen LogP contribution in [-0.4, -0.2) is 29.6 Å². The quantitative estimate of drug-likeness (QED) is 0.589. The van der Waals surface area contributed by atoms with E-state index in [1.807, 2.05) is 0 Å². The maximum Gasteiger partial charge on any atom is 0.329 e. The molecular weight excluding hydrogens is 258 g/mol. The fourth-order valence-corrected chi connectivity index (χ4v) is 1.03. The van der Waals surface area contributed by atoms with Gasteiger partial charge in [-0.1, -0.05) is 0 Å². The van der Waals surface area contributed by atoms with Crippen LogP contribution in [0.3, 0.4) is 0 Å². The summed E-state index contributed by atoms with van der Waals surface area (Å²) in [5.74, 6) is -2.58. The molecule has 0 amide bonds. The van der Waals surface area contributed by atoms with Gasteiger partial charge in [0.05, 0.1) is 0 Å². The molecule has 0 radical (unpaired) electrons. The second-order valence-electron chi connectivity index (χ2n) is 6.51. The van der Waals surface area contributed by atoms with E-state index in [1.165, 1.54) is 41.5 Å². The lowest BCUT2D eigenvalue weighted by molar-refractivity contribution is -0.194. The van der Waals surface area contributed by atoms with Crippen molar-refractivity contribution >= 4 is 11.9 Å². The first-order valence-electron chi connectivity index (χ1n) is 5.95. The summed E-state index contributed by atoms with van der Waals surface area (Å²) in [6.07, 6.45) is -3.21. The van der Waals surface area contributed by atoms with Gasteiger partial charge in [-0.2, -0.15) is 0 Å². The van der Waals surface area contributed by atoms with Crippen LogP contribution in [0.2, 0.25) is 0 Å². The minimum atomic E-state index is -3.21. The van der Waals surface area contributed by atoms with E-state index in [2.05, 4.69) is 0 Å². The summed E-state index contributed by atoms with van der Waals surface area (Å²) in [4.78, 5) is 23.7. The van der Waals surface area contributed by atoms with Crippen LogP contribution in [-0.2, 0) is 19.1 Å². The molecule has 0 saturated carbocycles. The van der Waals surface area contributed by atoms with Crippen LogP contribution in [0, 0.1) is 5.41 Å². The number of alkyl halides is 2. The van der Waals surface area contributed by atoms with Crippen molar-refractivity contribution in [3.63, 3.8) is 0 Å². The molecule has 0 aliphatic carbocycles. The average Bonchev–Trinajstić information content (AvgIpc) is 2.09. The summed E-state index contributed by atoms with van der Waals surface area (Å²) in [5, 5.41) is 0. The molecule has 4 nitrogen and oxygen atoms in total. The van der Waals surface area contributed by atoms with Gasteiger partial charge in [-0.15, -0.1) is 0 Å². The standard InChI is InChI=1S/C13H22F2O4/c1-11(2,3)18-9(16)13(7,8(14)15)10(17)19-12(4,5)6/h8H,1-7H3. The van der Waals surface area contributed by atoms with Gasteiger partial charge in [0.2, 0.25) is 5.41 Å². The zero-order valence-corrected chi connectivity index (χ0v) is 12.5. The molecule has 19 heavy (non-hydrogen) atoms. The highest BCUT2D eigenvalue weighted by molar-refractivity contribution is 6.00. The summed E-state index contributed by atoms with van der Waals surface area (Å²) < 4.78 is 36.0. The molecular formula is C13H22F2O4. The lowest BCUT2D eigenvalue weighted by atomic mass is 9.90. The molecule has 0 unspecified atom stereocenters. The van der Waals surface area contributed by atoms with E-state index in [-0.39, 0.29) is 0 Å². The van der Waals surface area contributed by atoms with Crippen LogP contribution in [0.4, 0.5) is 8.78 Å². The van der Waals surface area contributed by atoms with Gasteiger partial charge in [-0.05, 0) is 48.5 Å². The number of hydrogen-bond acceptors (Lipinski definition) is 4. The predicted octanol–water partition coefficient (Wildman–Crippen LogP) is 2.94. The minimum absolute atomic E-state index is 0.833. The van der Waals surface area contributed by atoms with Crippen molar-refractivity contribution in [2.75, 3.05) is 0 Å². The van der Waals surface area contributed by atoms with E-state index in [0.29, 0.717) is 0 Å². The smallest absolute Gasteiger partial charge is 0.329 e. The number of carbonyl (C=O) groups is 2. The Morgan fingerprint density at radius 3 is 1.21 bits per heavy atom. The first-order valence-corrected chi connectivity index (χ1v) is 5.95. The fourth-order valence-electron chi connectivity index (χ4n) is 1.03. The maximum absolute atomic E-state index is 13.1. The lowest BCUT2D eigenvalue weighted by Gasteiger charge is -2.31. The van der Waals surface area contributed by atoms with Crippen LogP contribution >= 0.6 is 0 Å². The number of halogens is 2. The van der Waals surface area contributed by atoms with E-state index in [9.17, 15) is 18.4 Å². The van der Waals surface area contributed by atoms with Gasteiger partial charge in [0.25, 0.3) is 6.43 Å². The molecule has 0 saturated heterocycles. The van der Waals surface area contributed by atoms with E-state index < -0.39 is 35.0 Å². The molecule has 0 aromatic heterocycles. The number of carbonyl (C=O) groups excluding carboxylic acids is 2. The first kappa shape index (κ1) is 17.8. The highest BCUT2D eigenvalue weighted by Gasteiger charge is 2.54. The molecule has 0 heterocycles. The molecule has 0 atom stereocenters. The molecule has 0 aliphatic rings. The summed E-state index contributed by atoms with van der Waals surface area (Å²) in [6, 6.07) is 0. The zero-order chi connectivity index (χ0) is 15.6. The molecule has 0 aliphatic heterocycles. The summed E-state index contributed by atoms with van der Waals surface area (Å²) in [5.41, 5.74) is -4.55. The largest absolute Gasteiger partial charge is 0.459 e. The highest BCUT2D eigenvalue weighted by Crippen LogP contribution is 2.32. The zero-order valence-electron chi connectivity index (χ0n) is 12.5. The second-order valence-corrected chi connectivity index (χ2v) is 6.51. The van der Waals surface area contributed by atoms with Gasteiger partial charge in [0.1, 0.15) is 11.2 Å². The second kappa shape index (κ2) is 5.43. The third kappa shape index (κ3) is 5.12. The topological polar surface area (TPSA) is 52.6 Å². The van der Waals surface area contributed by atoms with Crippen molar-refractivity contribution in [1.82, 2.24) is 0 Å². The maximum atomic E-state index is 13.1. The van der Waals surface area contributed by atoms with Crippen molar-refractivity contribution in [1.29, 1.82) is 0 Å². The molecule has 0 rings (SSSR count). The fraction of sp³-hybridized carbons (Fsp3) is 0.846. The molecule has 0 aromatic carbocycles. The Morgan fingerprint density at radius 2 is 1.05 bits per heavy atom. The van der Waals surface area contributed by atoms with Gasteiger partial charge in [-0.25, -0.2) is 8.78 Å². The van der Waals surface area contributed by atoms with Crippen molar-refractivity contribution in [2.24, 2.45) is 5.41 Å². The van der Waals surface area contributed by atoms with E-state index >= 15 is 0 Å². The lowest BCUT2D eigenvalue weighted by Crippen LogP contribution is -2.49. The van der Waals surface area contributed by atoms with Crippen molar-refractivity contribution < 1.29 is 27.8 Å². The Balaban J connectivity index is 5.27. The van der Waals surface area contributed by atoms with Gasteiger partial charge < -0.3 is 9.47 Å². The Labute approximate surface area is 112 Å². The number of hydrogen-bond donors (Lipinski definition) is 0. The van der Waals surface area contributed by atoms with Crippen LogP contribution in [0.1, 0.15) is 48.5 Å². The van der Waals surface area contributed by atoms with E-state index in [4.69, 9.17) is 9.47 Å². The highest BCUT2D eigenvalue weighted by atomic mass is 19.3. The Bertz CT molecular complexity index is 323. The minimum Gasteiger partial charge on any atom is -0.459 e. The van der Waals surface area contributed by atoms with Crippen molar-refractivity contribution in [3.8, 4) is 0 Å². The first-order chi connectivity index (χ1) is 8.20. The Morgan fingerprint density at radius 1 is 0.789 bits per heavy atom. The van der Waals surface area contributed by atoms with Crippen LogP contribution in [0.25, 0.3) is 0 Å². The molecule has 6 heteroatoms. The number of esters is 2. The van der Waals surface area contributed by atoms with Crippen LogP contribution < -0.4 is 0 Å². The Kier molecular flexibility index (Phi) is 5.08. The number of rotatable bonds is 3. The Hall–Kier alpha value is -1.20. The molecule has 0 N–H and O–H groups in total. The molecule has 112 valence electrons. The van der Waals surface area contributed by atoms with Crippen LogP contribution in [0.15, 0.2) is 0 Å². The van der Waals surface area contributed by atoms with E-state index in [1.54, 1.807) is 0 Å². The monoisotopic (exact) mass is 280 g/mol. The van der Waals surface area contributed by atoms with Crippen molar-refractivity contribution in [3.05, 3.63) is 0 Å². The van der Waals surface area contributed by atoms with E-state index in [0.717, 1.165) is 6.92 Å². The summed E-state index contributed by atoms with van der Waals surface area (Å²) in [6.45, 7) is 10.0. The summed E-state index contributed by atoms with van der Waals surface area (Å²) in [7, 11) is 0. The van der Waals surface area contributed by atoms with Gasteiger partial charge in [-0.3, -0.25) is 9.59 Å². The van der Waals surface area contributed by atoms with Gasteiger partial charge in [0.15, 0.2) is 0 Å². The molecule has 0 spiro atoms. The average molecular weight is 280 g/mol. The normalized spacial score (nSPS) is 13.4. The van der Waals surface area contributed by atoms with Gasteiger partial charge in [0, 0.05) is 0 Å². The SMILES string of the molecule is CC(C)(C)OC(=O)C(C)(C(=O)OC(C)(C)C)C(F)F. The van der Waals surface area contributed by atoms with Crippen molar-refractivity contribution in [2.45, 2.75) is 66.1 Å². The molecule has 0 fully saturated rings. The third-order valence-electron chi connectivity index (χ3n) is 2.08. The van der Waals surface area contributed by atoms with Crippen LogP contribution in [0.5, 0.6) is 0 Å². The predicted molar refractivity (Wildman–Crippen MR) is 65.8 cm³/mol. The van der Waals surface area contributed by atoms with Gasteiger partial charge >= 0.3 is 11.9 Å². The molecule has 0 aromatic rings. The number of ether oxygens (including phenoxy) is 2.